The van der Waals surface area contributed by atoms with Crippen LogP contribution in [0.1, 0.15) is 24.5 Å². The number of rotatable bonds is 10. The number of carbonyl (C=O) groups excluding carboxylic acids is 1. The van der Waals surface area contributed by atoms with Gasteiger partial charge < -0.3 is 14.6 Å². The van der Waals surface area contributed by atoms with Crippen LogP contribution in [0, 0.1) is 0 Å². The van der Waals surface area contributed by atoms with Gasteiger partial charge in [0.1, 0.15) is 5.75 Å². The second-order valence-corrected chi connectivity index (χ2v) is 8.25. The number of anilines is 1. The largest absolute Gasteiger partial charge is 0.497 e. The zero-order chi connectivity index (χ0) is 20.5. The van der Waals surface area contributed by atoms with Crippen LogP contribution in [0.4, 0.5) is 5.69 Å². The van der Waals surface area contributed by atoms with Crippen LogP contribution in [0.15, 0.2) is 67.3 Å². The third-order valence-corrected chi connectivity index (χ3v) is 6.00. The van der Waals surface area contributed by atoms with Gasteiger partial charge in [0, 0.05) is 42.6 Å². The highest BCUT2D eigenvalue weighted by molar-refractivity contribution is 7.99. The third-order valence-electron chi connectivity index (χ3n) is 4.65. The van der Waals surface area contributed by atoms with E-state index in [0.717, 1.165) is 36.6 Å². The van der Waals surface area contributed by atoms with E-state index in [-0.39, 0.29) is 5.91 Å². The average Bonchev–Trinajstić information content (AvgIpc) is 3.24. The van der Waals surface area contributed by atoms with Gasteiger partial charge >= 0.3 is 0 Å². The fourth-order valence-corrected chi connectivity index (χ4v) is 4.26. The predicted octanol–water partition coefficient (Wildman–Crippen LogP) is 4.78. The van der Waals surface area contributed by atoms with Crippen LogP contribution in [-0.4, -0.2) is 27.8 Å². The first-order valence-corrected chi connectivity index (χ1v) is 10.7. The number of carbonyl (C=O) groups is 1. The summed E-state index contributed by atoms with van der Waals surface area (Å²) in [5.74, 6) is 1.77. The Morgan fingerprint density at radius 2 is 1.86 bits per heavy atom. The van der Waals surface area contributed by atoms with Gasteiger partial charge in [-0.25, -0.2) is 4.98 Å². The van der Waals surface area contributed by atoms with Gasteiger partial charge in [0.2, 0.25) is 5.91 Å². The van der Waals surface area contributed by atoms with E-state index in [1.54, 1.807) is 7.11 Å². The van der Waals surface area contributed by atoms with Crippen molar-refractivity contribution in [2.24, 2.45) is 0 Å². The number of amides is 1. The van der Waals surface area contributed by atoms with Crippen molar-refractivity contribution in [3.63, 3.8) is 0 Å². The number of benzene rings is 2. The summed E-state index contributed by atoms with van der Waals surface area (Å²) >= 11 is 1.96. The molecule has 0 bridgehead atoms. The Morgan fingerprint density at radius 3 is 2.48 bits per heavy atom. The summed E-state index contributed by atoms with van der Waals surface area (Å²) in [6.45, 7) is 2.46. The molecule has 3 rings (SSSR count). The highest BCUT2D eigenvalue weighted by atomic mass is 32.2. The highest BCUT2D eigenvalue weighted by Gasteiger charge is 2.11. The smallest absolute Gasteiger partial charge is 0.221 e. The molecule has 0 aliphatic carbocycles. The Bertz CT molecular complexity index is 878. The predicted molar refractivity (Wildman–Crippen MR) is 119 cm³/mol. The molecular formula is C23H27N3O2S. The van der Waals surface area contributed by atoms with E-state index >= 15 is 0 Å². The SMILES string of the molecule is COc1ccc(CCC(Cn2ccnc2)SCc2ccc(NC(C)=O)cc2)cc1. The zero-order valence-corrected chi connectivity index (χ0v) is 17.7. The lowest BCUT2D eigenvalue weighted by Gasteiger charge is -2.18. The Kier molecular flexibility index (Phi) is 7.76. The number of aromatic nitrogens is 2. The molecule has 0 radical (unpaired) electrons. The van der Waals surface area contributed by atoms with Crippen LogP contribution in [0.5, 0.6) is 5.75 Å². The van der Waals surface area contributed by atoms with E-state index in [2.05, 4.69) is 39.1 Å². The quantitative estimate of drug-likeness (QED) is 0.523. The van der Waals surface area contributed by atoms with E-state index < -0.39 is 0 Å². The molecular weight excluding hydrogens is 382 g/mol. The minimum absolute atomic E-state index is 0.0500. The van der Waals surface area contributed by atoms with Crippen molar-refractivity contribution in [1.82, 2.24) is 9.55 Å². The minimum atomic E-state index is -0.0500. The molecule has 2 aromatic carbocycles. The number of nitrogens with one attached hydrogen (secondary N) is 1. The van der Waals surface area contributed by atoms with Gasteiger partial charge in [0.05, 0.1) is 13.4 Å². The first-order chi connectivity index (χ1) is 14.1. The lowest BCUT2D eigenvalue weighted by atomic mass is 10.1. The van der Waals surface area contributed by atoms with Gasteiger partial charge in [0.25, 0.3) is 0 Å². The van der Waals surface area contributed by atoms with Crippen molar-refractivity contribution in [3.05, 3.63) is 78.4 Å². The number of hydrogen-bond donors (Lipinski definition) is 1. The van der Waals surface area contributed by atoms with Crippen molar-refractivity contribution >= 4 is 23.4 Å². The number of aryl methyl sites for hydroxylation is 1. The summed E-state index contributed by atoms with van der Waals surface area (Å²) in [6.07, 6.45) is 7.83. The van der Waals surface area contributed by atoms with Crippen LogP contribution in [0.2, 0.25) is 0 Å². The number of ether oxygens (including phenoxy) is 1. The molecule has 3 aromatic rings. The molecule has 1 N–H and O–H groups in total. The second kappa shape index (κ2) is 10.7. The summed E-state index contributed by atoms with van der Waals surface area (Å²) in [5.41, 5.74) is 3.41. The maximum Gasteiger partial charge on any atom is 0.221 e. The van der Waals surface area contributed by atoms with E-state index in [4.69, 9.17) is 4.74 Å². The molecule has 1 aromatic heterocycles. The molecule has 152 valence electrons. The molecule has 1 amide bonds. The number of imidazole rings is 1. The second-order valence-electron chi connectivity index (χ2n) is 6.96. The number of hydrogen-bond acceptors (Lipinski definition) is 4. The molecule has 1 unspecified atom stereocenters. The third kappa shape index (κ3) is 6.98. The summed E-state index contributed by atoms with van der Waals surface area (Å²) in [6, 6.07) is 16.4. The maximum absolute atomic E-state index is 11.2. The Labute approximate surface area is 176 Å². The Hall–Kier alpha value is -2.73. The van der Waals surface area contributed by atoms with E-state index in [0.29, 0.717) is 5.25 Å². The molecule has 0 spiro atoms. The number of nitrogens with zero attached hydrogens (tertiary/aromatic N) is 2. The van der Waals surface area contributed by atoms with Crippen LogP contribution in [0.3, 0.4) is 0 Å². The molecule has 0 saturated heterocycles. The van der Waals surface area contributed by atoms with Gasteiger partial charge in [-0.1, -0.05) is 24.3 Å². The van der Waals surface area contributed by atoms with E-state index in [1.807, 2.05) is 54.7 Å². The number of thioether (sulfide) groups is 1. The van der Waals surface area contributed by atoms with Crippen molar-refractivity contribution in [1.29, 1.82) is 0 Å². The van der Waals surface area contributed by atoms with E-state index in [1.165, 1.54) is 18.1 Å². The van der Waals surface area contributed by atoms with Crippen LogP contribution in [0.25, 0.3) is 0 Å². The Morgan fingerprint density at radius 1 is 1.14 bits per heavy atom. The standard InChI is InChI=1S/C23H27N3O2S/c1-18(27)25-21-8-3-20(4-9-21)16-29-23(15-26-14-13-24-17-26)12-7-19-5-10-22(28-2)11-6-19/h3-6,8-11,13-14,17,23H,7,12,15-16H2,1-2H3,(H,25,27). The molecule has 0 aliphatic rings. The number of methoxy groups -OCH3 is 1. The maximum atomic E-state index is 11.2. The van der Waals surface area contributed by atoms with Crippen molar-refractivity contribution in [2.45, 2.75) is 37.3 Å². The molecule has 5 nitrogen and oxygen atoms in total. The summed E-state index contributed by atoms with van der Waals surface area (Å²) in [7, 11) is 1.69. The first kappa shape index (κ1) is 21.0. The van der Waals surface area contributed by atoms with Gasteiger partial charge in [-0.05, 0) is 48.2 Å². The topological polar surface area (TPSA) is 56.1 Å². The molecule has 0 saturated carbocycles. The molecule has 29 heavy (non-hydrogen) atoms. The lowest BCUT2D eigenvalue weighted by Crippen LogP contribution is -2.13. The van der Waals surface area contributed by atoms with E-state index in [9.17, 15) is 4.79 Å². The molecule has 0 aliphatic heterocycles. The first-order valence-electron chi connectivity index (χ1n) is 9.69. The highest BCUT2D eigenvalue weighted by Crippen LogP contribution is 2.25. The van der Waals surface area contributed by atoms with Gasteiger partial charge in [-0.2, -0.15) is 11.8 Å². The fourth-order valence-electron chi connectivity index (χ4n) is 3.08. The summed E-state index contributed by atoms with van der Waals surface area (Å²) in [5, 5.41) is 3.28. The van der Waals surface area contributed by atoms with Gasteiger partial charge in [0.15, 0.2) is 0 Å². The van der Waals surface area contributed by atoms with Crippen LogP contribution < -0.4 is 10.1 Å². The zero-order valence-electron chi connectivity index (χ0n) is 16.9. The monoisotopic (exact) mass is 409 g/mol. The van der Waals surface area contributed by atoms with Crippen LogP contribution in [-0.2, 0) is 23.5 Å². The van der Waals surface area contributed by atoms with Crippen molar-refractivity contribution in [3.8, 4) is 5.75 Å². The molecule has 6 heteroatoms. The molecule has 1 atom stereocenters. The van der Waals surface area contributed by atoms with Crippen LogP contribution >= 0.6 is 11.8 Å². The van der Waals surface area contributed by atoms with Gasteiger partial charge in [-0.15, -0.1) is 0 Å². The molecule has 0 fully saturated rings. The minimum Gasteiger partial charge on any atom is -0.497 e. The Balaban J connectivity index is 1.58. The normalized spacial score (nSPS) is 11.8. The molecule has 1 heterocycles. The van der Waals surface area contributed by atoms with Crippen molar-refractivity contribution < 1.29 is 9.53 Å². The lowest BCUT2D eigenvalue weighted by molar-refractivity contribution is -0.114. The summed E-state index contributed by atoms with van der Waals surface area (Å²) < 4.78 is 7.39. The fraction of sp³-hybridized carbons (Fsp3) is 0.304. The average molecular weight is 410 g/mol. The van der Waals surface area contributed by atoms with Gasteiger partial charge in [-0.3, -0.25) is 4.79 Å². The summed E-state index contributed by atoms with van der Waals surface area (Å²) in [4.78, 5) is 15.3. The van der Waals surface area contributed by atoms with Crippen molar-refractivity contribution in [2.75, 3.05) is 12.4 Å².